The highest BCUT2D eigenvalue weighted by molar-refractivity contribution is 5.82. The summed E-state index contributed by atoms with van der Waals surface area (Å²) in [6, 6.07) is 4.02. The number of rotatable bonds is 3. The van der Waals surface area contributed by atoms with E-state index in [9.17, 15) is 4.79 Å². The Labute approximate surface area is 137 Å². The first kappa shape index (κ1) is 16.1. The lowest BCUT2D eigenvalue weighted by Crippen LogP contribution is -2.51. The van der Waals surface area contributed by atoms with E-state index in [1.54, 1.807) is 14.2 Å². The van der Waals surface area contributed by atoms with Crippen LogP contribution >= 0.6 is 0 Å². The van der Waals surface area contributed by atoms with Crippen LogP contribution in [0, 0.1) is 5.92 Å². The van der Waals surface area contributed by atoms with Crippen molar-refractivity contribution >= 4 is 5.91 Å². The summed E-state index contributed by atoms with van der Waals surface area (Å²) in [5.41, 5.74) is 2.41. The zero-order chi connectivity index (χ0) is 16.4. The van der Waals surface area contributed by atoms with Crippen LogP contribution in [0.1, 0.15) is 30.9 Å². The van der Waals surface area contributed by atoms with E-state index < -0.39 is 0 Å². The lowest BCUT2D eigenvalue weighted by atomic mass is 9.92. The van der Waals surface area contributed by atoms with Crippen molar-refractivity contribution in [3.8, 4) is 11.5 Å². The van der Waals surface area contributed by atoms with Crippen LogP contribution in [0.4, 0.5) is 0 Å². The fourth-order valence-corrected chi connectivity index (χ4v) is 3.59. The highest BCUT2D eigenvalue weighted by Gasteiger charge is 2.30. The average molecular weight is 318 g/mol. The Hall–Kier alpha value is -1.75. The van der Waals surface area contributed by atoms with Gasteiger partial charge >= 0.3 is 0 Å². The van der Waals surface area contributed by atoms with Gasteiger partial charge in [0, 0.05) is 13.1 Å². The first-order valence-electron chi connectivity index (χ1n) is 8.38. The van der Waals surface area contributed by atoms with Gasteiger partial charge in [-0.1, -0.05) is 6.92 Å². The van der Waals surface area contributed by atoms with E-state index in [1.807, 2.05) is 17.0 Å². The van der Waals surface area contributed by atoms with Crippen LogP contribution in [-0.4, -0.2) is 44.2 Å². The summed E-state index contributed by atoms with van der Waals surface area (Å²) in [7, 11) is 3.29. The maximum absolute atomic E-state index is 12.8. The molecule has 5 heteroatoms. The van der Waals surface area contributed by atoms with E-state index in [2.05, 4.69) is 12.2 Å². The summed E-state index contributed by atoms with van der Waals surface area (Å²) in [5, 5.41) is 3.38. The SMILES string of the molecule is COc1cc2c(cc1OC)CN(C(=O)C1CC(C)CCN1)CC2. The molecule has 2 unspecified atom stereocenters. The summed E-state index contributed by atoms with van der Waals surface area (Å²) >= 11 is 0. The summed E-state index contributed by atoms with van der Waals surface area (Å²) in [6.45, 7) is 4.59. The maximum Gasteiger partial charge on any atom is 0.240 e. The molecule has 0 aromatic heterocycles. The van der Waals surface area contributed by atoms with E-state index in [4.69, 9.17) is 9.47 Å². The van der Waals surface area contributed by atoms with Crippen molar-refractivity contribution in [2.24, 2.45) is 5.92 Å². The number of nitrogens with one attached hydrogen (secondary N) is 1. The van der Waals surface area contributed by atoms with Crippen molar-refractivity contribution in [2.75, 3.05) is 27.3 Å². The molecule has 2 aliphatic rings. The molecule has 1 aromatic carbocycles. The number of hydrogen-bond acceptors (Lipinski definition) is 4. The van der Waals surface area contributed by atoms with Crippen molar-refractivity contribution in [3.63, 3.8) is 0 Å². The molecule has 0 radical (unpaired) electrons. The van der Waals surface area contributed by atoms with Gasteiger partial charge < -0.3 is 19.7 Å². The lowest BCUT2D eigenvalue weighted by Gasteiger charge is -2.35. The smallest absolute Gasteiger partial charge is 0.240 e. The molecule has 1 fully saturated rings. The van der Waals surface area contributed by atoms with Crippen LogP contribution in [0.15, 0.2) is 12.1 Å². The van der Waals surface area contributed by atoms with Gasteiger partial charge in [0.05, 0.1) is 20.3 Å². The summed E-state index contributed by atoms with van der Waals surface area (Å²) in [6.07, 6.45) is 2.96. The minimum atomic E-state index is -0.0274. The molecule has 2 atom stereocenters. The molecular formula is C18H26N2O3. The van der Waals surface area contributed by atoms with Gasteiger partial charge in [0.2, 0.25) is 5.91 Å². The number of hydrogen-bond donors (Lipinski definition) is 1. The second-order valence-corrected chi connectivity index (χ2v) is 6.62. The number of ether oxygens (including phenoxy) is 2. The number of amides is 1. The molecular weight excluding hydrogens is 292 g/mol. The van der Waals surface area contributed by atoms with Crippen molar-refractivity contribution in [2.45, 2.75) is 38.8 Å². The fourth-order valence-electron chi connectivity index (χ4n) is 3.59. The average Bonchev–Trinajstić information content (AvgIpc) is 2.59. The Balaban J connectivity index is 1.75. The molecule has 1 aromatic rings. The lowest BCUT2D eigenvalue weighted by molar-refractivity contribution is -0.135. The number of piperidine rings is 1. The molecule has 0 aliphatic carbocycles. The van der Waals surface area contributed by atoms with Gasteiger partial charge in [-0.05, 0) is 55.0 Å². The topological polar surface area (TPSA) is 50.8 Å². The summed E-state index contributed by atoms with van der Waals surface area (Å²) < 4.78 is 10.8. The third kappa shape index (κ3) is 3.29. The Morgan fingerprint density at radius 2 is 1.91 bits per heavy atom. The van der Waals surface area contributed by atoms with Gasteiger partial charge in [0.25, 0.3) is 0 Å². The van der Waals surface area contributed by atoms with Gasteiger partial charge in [-0.3, -0.25) is 4.79 Å². The number of carbonyl (C=O) groups is 1. The Morgan fingerprint density at radius 1 is 1.22 bits per heavy atom. The Kier molecular flexibility index (Phi) is 4.76. The molecule has 0 spiro atoms. The molecule has 126 valence electrons. The third-order valence-corrected chi connectivity index (χ3v) is 4.99. The van der Waals surface area contributed by atoms with Gasteiger partial charge in [-0.25, -0.2) is 0 Å². The van der Waals surface area contributed by atoms with Crippen LogP contribution in [0.3, 0.4) is 0 Å². The first-order valence-corrected chi connectivity index (χ1v) is 8.38. The monoisotopic (exact) mass is 318 g/mol. The number of nitrogens with zero attached hydrogens (tertiary/aromatic N) is 1. The zero-order valence-electron chi connectivity index (χ0n) is 14.2. The highest BCUT2D eigenvalue weighted by atomic mass is 16.5. The number of fused-ring (bicyclic) bond motifs is 1. The molecule has 1 amide bonds. The maximum atomic E-state index is 12.8. The highest BCUT2D eigenvalue weighted by Crippen LogP contribution is 2.33. The van der Waals surface area contributed by atoms with Crippen LogP contribution in [0.2, 0.25) is 0 Å². The van der Waals surface area contributed by atoms with Crippen molar-refractivity contribution < 1.29 is 14.3 Å². The molecule has 23 heavy (non-hydrogen) atoms. The normalized spacial score (nSPS) is 24.0. The molecule has 0 saturated carbocycles. The van der Waals surface area contributed by atoms with Gasteiger partial charge in [0.1, 0.15) is 0 Å². The van der Waals surface area contributed by atoms with Gasteiger partial charge in [-0.2, -0.15) is 0 Å². The largest absolute Gasteiger partial charge is 0.493 e. The van der Waals surface area contributed by atoms with Crippen LogP contribution in [0.5, 0.6) is 11.5 Å². The number of carbonyl (C=O) groups excluding carboxylic acids is 1. The quantitative estimate of drug-likeness (QED) is 0.926. The van der Waals surface area contributed by atoms with E-state index >= 15 is 0 Å². The molecule has 2 aliphatic heterocycles. The van der Waals surface area contributed by atoms with Crippen LogP contribution < -0.4 is 14.8 Å². The molecule has 5 nitrogen and oxygen atoms in total. The molecule has 2 heterocycles. The molecule has 0 bridgehead atoms. The Morgan fingerprint density at radius 3 is 2.57 bits per heavy atom. The van der Waals surface area contributed by atoms with Crippen molar-refractivity contribution in [1.29, 1.82) is 0 Å². The Bertz CT molecular complexity index is 588. The van der Waals surface area contributed by atoms with E-state index in [-0.39, 0.29) is 11.9 Å². The van der Waals surface area contributed by atoms with E-state index in [1.165, 1.54) is 5.56 Å². The standard InChI is InChI=1S/C18H26N2O3/c1-12-4-6-19-15(8-12)18(21)20-7-5-13-9-16(22-2)17(23-3)10-14(13)11-20/h9-10,12,15,19H,4-8,11H2,1-3H3. The van der Waals surface area contributed by atoms with E-state index in [0.29, 0.717) is 12.5 Å². The second-order valence-electron chi connectivity index (χ2n) is 6.62. The number of benzene rings is 1. The number of methoxy groups -OCH3 is 2. The van der Waals surface area contributed by atoms with Crippen LogP contribution in [0.25, 0.3) is 0 Å². The zero-order valence-corrected chi connectivity index (χ0v) is 14.2. The van der Waals surface area contributed by atoms with Crippen LogP contribution in [-0.2, 0) is 17.8 Å². The molecule has 1 saturated heterocycles. The summed E-state index contributed by atoms with van der Waals surface area (Å²) in [5.74, 6) is 2.34. The fraction of sp³-hybridized carbons (Fsp3) is 0.611. The van der Waals surface area contributed by atoms with Crippen molar-refractivity contribution in [1.82, 2.24) is 10.2 Å². The van der Waals surface area contributed by atoms with E-state index in [0.717, 1.165) is 49.4 Å². The predicted octanol–water partition coefficient (Wildman–Crippen LogP) is 1.98. The van der Waals surface area contributed by atoms with Crippen molar-refractivity contribution in [3.05, 3.63) is 23.3 Å². The minimum Gasteiger partial charge on any atom is -0.493 e. The minimum absolute atomic E-state index is 0.0274. The van der Waals surface area contributed by atoms with Gasteiger partial charge in [0.15, 0.2) is 11.5 Å². The molecule has 1 N–H and O–H groups in total. The van der Waals surface area contributed by atoms with Gasteiger partial charge in [-0.15, -0.1) is 0 Å². The predicted molar refractivity (Wildman–Crippen MR) is 88.9 cm³/mol. The first-order chi connectivity index (χ1) is 11.1. The summed E-state index contributed by atoms with van der Waals surface area (Å²) in [4.78, 5) is 14.8. The second kappa shape index (κ2) is 6.79. The molecule has 3 rings (SSSR count). The third-order valence-electron chi connectivity index (χ3n) is 4.99.